The molecular weight excluding hydrogens is 354 g/mol. The van der Waals surface area contributed by atoms with Gasteiger partial charge in [0.15, 0.2) is 5.69 Å². The van der Waals surface area contributed by atoms with E-state index in [4.69, 9.17) is 0 Å². The van der Waals surface area contributed by atoms with Gasteiger partial charge in [-0.15, -0.1) is 0 Å². The molecule has 0 atom stereocenters. The number of carbonyl (C=O) groups excluding carboxylic acids is 1. The fourth-order valence-electron chi connectivity index (χ4n) is 3.65. The third kappa shape index (κ3) is 2.58. The molecular formula is C21H21N5O2. The summed E-state index contributed by atoms with van der Waals surface area (Å²) in [5.41, 5.74) is 1.93. The number of pyridine rings is 1. The summed E-state index contributed by atoms with van der Waals surface area (Å²) in [6, 6.07) is 11.1. The Morgan fingerprint density at radius 2 is 1.75 bits per heavy atom. The monoisotopic (exact) mass is 375 g/mol. The van der Waals surface area contributed by atoms with Crippen molar-refractivity contribution in [3.05, 3.63) is 64.8 Å². The molecule has 4 rings (SSSR count). The van der Waals surface area contributed by atoms with Gasteiger partial charge in [0.05, 0.1) is 5.69 Å². The van der Waals surface area contributed by atoms with Crippen LogP contribution in [0.25, 0.3) is 27.5 Å². The van der Waals surface area contributed by atoms with Crippen molar-refractivity contribution in [2.24, 2.45) is 7.05 Å². The van der Waals surface area contributed by atoms with Crippen molar-refractivity contribution in [2.45, 2.75) is 13.8 Å². The van der Waals surface area contributed by atoms with Gasteiger partial charge in [-0.2, -0.15) is 9.78 Å². The zero-order valence-corrected chi connectivity index (χ0v) is 16.1. The van der Waals surface area contributed by atoms with E-state index in [-0.39, 0.29) is 17.2 Å². The topological polar surface area (TPSA) is 73.0 Å². The number of fused-ring (bicyclic) bond motifs is 3. The molecule has 0 saturated heterocycles. The van der Waals surface area contributed by atoms with E-state index in [0.29, 0.717) is 29.7 Å². The van der Waals surface area contributed by atoms with Gasteiger partial charge in [0.25, 0.3) is 11.5 Å². The minimum absolute atomic E-state index is 0.186. The molecule has 7 nitrogen and oxygen atoms in total. The highest BCUT2D eigenvalue weighted by molar-refractivity contribution is 6.16. The Balaban J connectivity index is 2.17. The Kier molecular flexibility index (Phi) is 4.43. The quantitative estimate of drug-likeness (QED) is 0.550. The average molecular weight is 375 g/mol. The van der Waals surface area contributed by atoms with Gasteiger partial charge in [0.2, 0.25) is 0 Å². The van der Waals surface area contributed by atoms with Gasteiger partial charge in [0.1, 0.15) is 5.52 Å². The Morgan fingerprint density at radius 1 is 1.07 bits per heavy atom. The van der Waals surface area contributed by atoms with Crippen molar-refractivity contribution < 1.29 is 4.79 Å². The second-order valence-corrected chi connectivity index (χ2v) is 6.55. The van der Waals surface area contributed by atoms with Crippen molar-refractivity contribution in [1.29, 1.82) is 0 Å². The minimum atomic E-state index is -0.268. The van der Waals surface area contributed by atoms with Crippen LogP contribution < -0.4 is 5.56 Å². The normalized spacial score (nSPS) is 11.2. The second kappa shape index (κ2) is 6.92. The Bertz CT molecular complexity index is 1240. The summed E-state index contributed by atoms with van der Waals surface area (Å²) in [6.07, 6.45) is 3.20. The van der Waals surface area contributed by atoms with Gasteiger partial charge in [-0.25, -0.2) is 0 Å². The molecule has 0 unspecified atom stereocenters. The van der Waals surface area contributed by atoms with E-state index < -0.39 is 0 Å². The molecule has 0 N–H and O–H groups in total. The molecule has 3 heterocycles. The highest BCUT2D eigenvalue weighted by Gasteiger charge is 2.25. The fraction of sp³-hybridized carbons (Fsp3) is 0.238. The molecule has 0 spiro atoms. The van der Waals surface area contributed by atoms with Crippen molar-refractivity contribution >= 4 is 27.7 Å². The zero-order valence-electron chi connectivity index (χ0n) is 16.1. The minimum Gasteiger partial charge on any atom is -0.339 e. The number of rotatable bonds is 4. The molecule has 7 heteroatoms. The third-order valence-electron chi connectivity index (χ3n) is 5.10. The van der Waals surface area contributed by atoms with Crippen LogP contribution in [0, 0.1) is 0 Å². The number of aryl methyl sites for hydroxylation is 1. The van der Waals surface area contributed by atoms with Crippen LogP contribution in [0.1, 0.15) is 24.3 Å². The van der Waals surface area contributed by atoms with Crippen LogP contribution in [-0.2, 0) is 7.05 Å². The molecule has 28 heavy (non-hydrogen) atoms. The first kappa shape index (κ1) is 17.9. The van der Waals surface area contributed by atoms with E-state index >= 15 is 0 Å². The summed E-state index contributed by atoms with van der Waals surface area (Å²) in [5, 5.41) is 5.97. The van der Waals surface area contributed by atoms with Crippen molar-refractivity contribution in [1.82, 2.24) is 24.2 Å². The van der Waals surface area contributed by atoms with Crippen LogP contribution in [-0.4, -0.2) is 43.2 Å². The second-order valence-electron chi connectivity index (χ2n) is 6.55. The van der Waals surface area contributed by atoms with E-state index in [0.717, 1.165) is 10.9 Å². The standard InChI is InChI=1S/C21H21N5O2/c1-4-25(5-2)20(27)18-17-15-8-6-7-9-16(15)24(3)19(17)21(28)26(23-18)14-10-12-22-13-11-14/h6-13H,4-5H2,1-3H3. The van der Waals surface area contributed by atoms with Crippen molar-refractivity contribution in [3.63, 3.8) is 0 Å². The molecule has 3 aromatic heterocycles. The Morgan fingerprint density at radius 3 is 2.43 bits per heavy atom. The molecule has 4 aromatic rings. The van der Waals surface area contributed by atoms with Crippen LogP contribution in [0.3, 0.4) is 0 Å². The van der Waals surface area contributed by atoms with Gasteiger partial charge in [0, 0.05) is 48.8 Å². The number of carbonyl (C=O) groups is 1. The number of benzene rings is 1. The molecule has 0 saturated carbocycles. The summed E-state index contributed by atoms with van der Waals surface area (Å²) in [5.74, 6) is -0.186. The summed E-state index contributed by atoms with van der Waals surface area (Å²) in [6.45, 7) is 5.00. The Hall–Kier alpha value is -3.48. The predicted octanol–water partition coefficient (Wildman–Crippen LogP) is 2.75. The lowest BCUT2D eigenvalue weighted by Crippen LogP contribution is -2.34. The van der Waals surface area contributed by atoms with Crippen LogP contribution >= 0.6 is 0 Å². The molecule has 0 aliphatic heterocycles. The van der Waals surface area contributed by atoms with Gasteiger partial charge in [-0.05, 0) is 32.0 Å². The van der Waals surface area contributed by atoms with Crippen LogP contribution in [0.5, 0.6) is 0 Å². The molecule has 0 bridgehead atoms. The van der Waals surface area contributed by atoms with Crippen LogP contribution in [0.4, 0.5) is 0 Å². The lowest BCUT2D eigenvalue weighted by molar-refractivity contribution is 0.0767. The lowest BCUT2D eigenvalue weighted by atomic mass is 10.1. The van der Waals surface area contributed by atoms with Crippen molar-refractivity contribution in [2.75, 3.05) is 13.1 Å². The van der Waals surface area contributed by atoms with Gasteiger partial charge in [-0.1, -0.05) is 18.2 Å². The summed E-state index contributed by atoms with van der Waals surface area (Å²) < 4.78 is 3.13. The summed E-state index contributed by atoms with van der Waals surface area (Å²) in [4.78, 5) is 32.3. The number of aromatic nitrogens is 4. The van der Waals surface area contributed by atoms with E-state index in [1.807, 2.05) is 49.7 Å². The third-order valence-corrected chi connectivity index (χ3v) is 5.10. The maximum atomic E-state index is 13.3. The largest absolute Gasteiger partial charge is 0.339 e. The number of amides is 1. The van der Waals surface area contributed by atoms with Crippen LogP contribution in [0.15, 0.2) is 53.6 Å². The first-order valence-corrected chi connectivity index (χ1v) is 9.28. The molecule has 142 valence electrons. The number of hydrogen-bond acceptors (Lipinski definition) is 4. The van der Waals surface area contributed by atoms with Crippen LogP contribution in [0.2, 0.25) is 0 Å². The van der Waals surface area contributed by atoms with Gasteiger partial charge < -0.3 is 9.47 Å². The van der Waals surface area contributed by atoms with E-state index in [1.165, 1.54) is 4.68 Å². The highest BCUT2D eigenvalue weighted by Crippen LogP contribution is 2.29. The molecule has 0 aliphatic rings. The molecule has 0 fully saturated rings. The zero-order chi connectivity index (χ0) is 19.8. The molecule has 1 aromatic carbocycles. The molecule has 1 amide bonds. The number of para-hydroxylation sites is 1. The van der Waals surface area contributed by atoms with Crippen molar-refractivity contribution in [3.8, 4) is 5.69 Å². The van der Waals surface area contributed by atoms with Gasteiger partial charge >= 0.3 is 0 Å². The average Bonchev–Trinajstić information content (AvgIpc) is 3.03. The maximum Gasteiger partial charge on any atom is 0.296 e. The molecule has 0 radical (unpaired) electrons. The van der Waals surface area contributed by atoms with E-state index in [1.54, 1.807) is 29.4 Å². The predicted molar refractivity (Wildman–Crippen MR) is 109 cm³/mol. The lowest BCUT2D eigenvalue weighted by Gasteiger charge is -2.19. The van der Waals surface area contributed by atoms with E-state index in [9.17, 15) is 9.59 Å². The fourth-order valence-corrected chi connectivity index (χ4v) is 3.65. The first-order valence-electron chi connectivity index (χ1n) is 9.28. The molecule has 0 aliphatic carbocycles. The Labute approximate surface area is 161 Å². The maximum absolute atomic E-state index is 13.3. The first-order chi connectivity index (χ1) is 13.6. The van der Waals surface area contributed by atoms with Gasteiger partial charge in [-0.3, -0.25) is 14.6 Å². The summed E-state index contributed by atoms with van der Waals surface area (Å²) >= 11 is 0. The SMILES string of the molecule is CCN(CC)C(=O)c1nn(-c2ccncc2)c(=O)c2c1c1ccccc1n2C. The smallest absolute Gasteiger partial charge is 0.296 e. The van der Waals surface area contributed by atoms with E-state index in [2.05, 4.69) is 10.1 Å². The number of nitrogens with zero attached hydrogens (tertiary/aromatic N) is 5. The highest BCUT2D eigenvalue weighted by atomic mass is 16.2. The summed E-state index contributed by atoms with van der Waals surface area (Å²) in [7, 11) is 1.84. The number of hydrogen-bond donors (Lipinski definition) is 0.